The maximum absolute atomic E-state index is 12.6. The smallest absolute Gasteiger partial charge is 0.287 e. The van der Waals surface area contributed by atoms with Crippen molar-refractivity contribution < 1.29 is 18.8 Å². The van der Waals surface area contributed by atoms with Crippen molar-refractivity contribution in [1.29, 1.82) is 0 Å². The second-order valence-electron chi connectivity index (χ2n) is 8.94. The van der Waals surface area contributed by atoms with Gasteiger partial charge in [0.2, 0.25) is 11.8 Å². The van der Waals surface area contributed by atoms with Gasteiger partial charge in [-0.15, -0.1) is 0 Å². The predicted molar refractivity (Wildman–Crippen MR) is 112 cm³/mol. The molecule has 2 N–H and O–H groups in total. The molecule has 0 radical (unpaired) electrons. The van der Waals surface area contributed by atoms with Crippen molar-refractivity contribution in [1.82, 2.24) is 25.4 Å². The number of aromatic nitrogens is 1. The number of nitrogens with zero attached hydrogens (tertiary/aromatic N) is 3. The average molecular weight is 425 g/mol. The van der Waals surface area contributed by atoms with Gasteiger partial charge in [-0.05, 0) is 42.7 Å². The zero-order chi connectivity index (χ0) is 21.4. The summed E-state index contributed by atoms with van der Waals surface area (Å²) in [5.74, 6) is 0.653. The van der Waals surface area contributed by atoms with E-state index in [-0.39, 0.29) is 23.1 Å². The van der Waals surface area contributed by atoms with Gasteiger partial charge in [0.1, 0.15) is 0 Å². The Morgan fingerprint density at radius 1 is 1.29 bits per heavy atom. The van der Waals surface area contributed by atoms with E-state index in [1.165, 1.54) is 0 Å². The number of piperidine rings is 1. The molecule has 164 valence electrons. The number of piperazine rings is 1. The molecule has 5 rings (SSSR count). The summed E-state index contributed by atoms with van der Waals surface area (Å²) in [6.45, 7) is 4.07. The molecule has 31 heavy (non-hydrogen) atoms. The van der Waals surface area contributed by atoms with Crippen molar-refractivity contribution >= 4 is 28.7 Å². The lowest BCUT2D eigenvalue weighted by molar-refractivity contribution is -0.135. The number of nitrogens with one attached hydrogen (secondary N) is 2. The van der Waals surface area contributed by atoms with Crippen LogP contribution >= 0.6 is 0 Å². The summed E-state index contributed by atoms with van der Waals surface area (Å²) < 4.78 is 5.58. The lowest BCUT2D eigenvalue weighted by atomic mass is 9.90. The van der Waals surface area contributed by atoms with Gasteiger partial charge in [-0.25, -0.2) is 0 Å². The van der Waals surface area contributed by atoms with E-state index in [4.69, 9.17) is 4.42 Å². The van der Waals surface area contributed by atoms with Gasteiger partial charge < -0.3 is 20.0 Å². The Kier molecular flexibility index (Phi) is 5.13. The summed E-state index contributed by atoms with van der Waals surface area (Å²) in [5.41, 5.74) is 0.852. The molecule has 9 nitrogen and oxygen atoms in total. The third-order valence-corrected chi connectivity index (χ3v) is 7.00. The van der Waals surface area contributed by atoms with Crippen molar-refractivity contribution in [2.24, 2.45) is 11.3 Å². The van der Waals surface area contributed by atoms with Gasteiger partial charge in [-0.3, -0.25) is 24.3 Å². The highest BCUT2D eigenvalue weighted by Crippen LogP contribution is 2.59. The monoisotopic (exact) mass is 425 g/mol. The summed E-state index contributed by atoms with van der Waals surface area (Å²) in [5, 5.41) is 6.66. The van der Waals surface area contributed by atoms with E-state index in [1.807, 2.05) is 15.9 Å². The fraction of sp³-hybridized carbons (Fsp3) is 0.545. The highest BCUT2D eigenvalue weighted by atomic mass is 16.3. The third kappa shape index (κ3) is 4.14. The molecule has 3 amide bonds. The van der Waals surface area contributed by atoms with Crippen LogP contribution in [0.2, 0.25) is 0 Å². The molecule has 2 aliphatic heterocycles. The largest absolute Gasteiger partial charge is 0.449 e. The minimum Gasteiger partial charge on any atom is -0.449 e. The normalized spacial score (nSPS) is 23.0. The van der Waals surface area contributed by atoms with Gasteiger partial charge in [0.15, 0.2) is 11.3 Å². The summed E-state index contributed by atoms with van der Waals surface area (Å²) in [4.78, 5) is 44.4. The Bertz CT molecular complexity index is 977. The summed E-state index contributed by atoms with van der Waals surface area (Å²) in [6, 6.07) is 3.56. The Balaban J connectivity index is 1.08. The van der Waals surface area contributed by atoms with Gasteiger partial charge in [0.25, 0.3) is 5.91 Å². The highest BCUT2D eigenvalue weighted by Gasteiger charge is 2.54. The van der Waals surface area contributed by atoms with Gasteiger partial charge in [-0.1, -0.05) is 0 Å². The molecule has 3 fully saturated rings. The molecule has 4 heterocycles. The highest BCUT2D eigenvalue weighted by molar-refractivity contribution is 5.95. The van der Waals surface area contributed by atoms with Gasteiger partial charge in [-0.2, -0.15) is 0 Å². The van der Waals surface area contributed by atoms with Gasteiger partial charge in [0, 0.05) is 44.3 Å². The molecule has 1 atom stereocenters. The molecular weight excluding hydrogens is 398 g/mol. The fourth-order valence-electron chi connectivity index (χ4n) is 4.95. The molecule has 2 saturated heterocycles. The number of hydrogen-bond donors (Lipinski definition) is 2. The van der Waals surface area contributed by atoms with E-state index >= 15 is 0 Å². The Morgan fingerprint density at radius 3 is 2.90 bits per heavy atom. The van der Waals surface area contributed by atoms with Crippen LogP contribution in [0.3, 0.4) is 0 Å². The minimum atomic E-state index is -0.198. The Hall–Kier alpha value is -2.94. The maximum Gasteiger partial charge on any atom is 0.287 e. The molecular formula is C22H27N5O4. The number of likely N-dealkylation sites (tertiary alicyclic amines) is 1. The van der Waals surface area contributed by atoms with Crippen LogP contribution < -0.4 is 10.6 Å². The molecule has 1 spiro atoms. The van der Waals surface area contributed by atoms with E-state index in [0.717, 1.165) is 44.3 Å². The first-order valence-electron chi connectivity index (χ1n) is 10.9. The molecule has 1 aliphatic carbocycles. The average Bonchev–Trinajstić information content (AvgIpc) is 3.24. The Labute approximate surface area is 180 Å². The number of pyridine rings is 1. The van der Waals surface area contributed by atoms with Crippen LogP contribution in [0.4, 0.5) is 0 Å². The van der Waals surface area contributed by atoms with Gasteiger partial charge >= 0.3 is 0 Å². The lowest BCUT2D eigenvalue weighted by Gasteiger charge is -2.35. The van der Waals surface area contributed by atoms with E-state index < -0.39 is 0 Å². The summed E-state index contributed by atoms with van der Waals surface area (Å²) >= 11 is 0. The molecule has 1 saturated carbocycles. The molecule has 2 aromatic rings. The second kappa shape index (κ2) is 7.96. The van der Waals surface area contributed by atoms with E-state index in [1.54, 1.807) is 18.5 Å². The molecule has 9 heteroatoms. The second-order valence-corrected chi connectivity index (χ2v) is 8.94. The van der Waals surface area contributed by atoms with Crippen LogP contribution in [0.5, 0.6) is 0 Å². The summed E-state index contributed by atoms with van der Waals surface area (Å²) in [6.07, 6.45) is 6.31. The van der Waals surface area contributed by atoms with Crippen LogP contribution in [0.15, 0.2) is 28.9 Å². The first-order chi connectivity index (χ1) is 15.0. The van der Waals surface area contributed by atoms with Crippen molar-refractivity contribution in [3.8, 4) is 0 Å². The number of rotatable bonds is 5. The van der Waals surface area contributed by atoms with E-state index in [9.17, 15) is 14.4 Å². The van der Waals surface area contributed by atoms with Gasteiger partial charge in [0.05, 0.1) is 19.3 Å². The number of carbonyl (C=O) groups excluding carboxylic acids is 3. The molecule has 1 unspecified atom stereocenters. The zero-order valence-corrected chi connectivity index (χ0v) is 17.4. The predicted octanol–water partition coefficient (Wildman–Crippen LogP) is 0.618. The van der Waals surface area contributed by atoms with Crippen LogP contribution in [0.25, 0.3) is 11.0 Å². The van der Waals surface area contributed by atoms with E-state index in [0.29, 0.717) is 43.4 Å². The molecule has 3 aliphatic rings. The SMILES string of the molecule is O=C1CN(CC(=O)N2CCC3(CC2)CC3CNC(=O)c2cc3ccncc3o2)CCN1. The first-order valence-corrected chi connectivity index (χ1v) is 10.9. The third-order valence-electron chi connectivity index (χ3n) is 7.00. The topological polar surface area (TPSA) is 108 Å². The van der Waals surface area contributed by atoms with Crippen LogP contribution in [0.1, 0.15) is 29.8 Å². The number of furan rings is 1. The minimum absolute atomic E-state index is 0.0150. The van der Waals surface area contributed by atoms with Crippen molar-refractivity contribution in [2.45, 2.75) is 19.3 Å². The molecule has 0 aromatic carbocycles. The quantitative estimate of drug-likeness (QED) is 0.727. The van der Waals surface area contributed by atoms with Crippen molar-refractivity contribution in [2.75, 3.05) is 45.8 Å². The van der Waals surface area contributed by atoms with Crippen molar-refractivity contribution in [3.05, 3.63) is 30.3 Å². The number of carbonyl (C=O) groups is 3. The number of amides is 3. The van der Waals surface area contributed by atoms with Crippen LogP contribution in [0, 0.1) is 11.3 Å². The van der Waals surface area contributed by atoms with E-state index in [2.05, 4.69) is 15.6 Å². The standard InChI is InChI=1S/C22H27N5O4/c28-19-13-26(8-5-24-19)14-20(29)27-6-2-22(3-7-27)10-16(22)11-25-21(30)17-9-15-1-4-23-12-18(15)31-17/h1,4,9,12,16H,2-3,5-8,10-11,13-14H2,(H,24,28)(H,25,30). The zero-order valence-electron chi connectivity index (χ0n) is 17.4. The first kappa shape index (κ1) is 20.0. The molecule has 0 bridgehead atoms. The fourth-order valence-corrected chi connectivity index (χ4v) is 4.95. The Morgan fingerprint density at radius 2 is 2.13 bits per heavy atom. The number of hydrogen-bond acceptors (Lipinski definition) is 6. The van der Waals surface area contributed by atoms with Crippen LogP contribution in [-0.4, -0.2) is 78.3 Å². The maximum atomic E-state index is 12.6. The lowest BCUT2D eigenvalue weighted by Crippen LogP contribution is -2.52. The summed E-state index contributed by atoms with van der Waals surface area (Å²) in [7, 11) is 0. The molecule has 2 aromatic heterocycles. The van der Waals surface area contributed by atoms with Crippen molar-refractivity contribution in [3.63, 3.8) is 0 Å². The number of fused-ring (bicyclic) bond motifs is 1. The van der Waals surface area contributed by atoms with Crippen LogP contribution in [-0.2, 0) is 9.59 Å².